The maximum absolute atomic E-state index is 12.1. The minimum absolute atomic E-state index is 0.0226. The van der Waals surface area contributed by atoms with Gasteiger partial charge < -0.3 is 10.5 Å². The lowest BCUT2D eigenvalue weighted by atomic mass is 10.1. The topological polar surface area (TPSA) is 93.9 Å². The van der Waals surface area contributed by atoms with Crippen LogP contribution in [-0.2, 0) is 4.74 Å². The normalized spacial score (nSPS) is 11.0. The number of nitriles is 1. The van der Waals surface area contributed by atoms with Gasteiger partial charge in [0.1, 0.15) is 22.9 Å². The van der Waals surface area contributed by atoms with Gasteiger partial charge in [-0.05, 0) is 20.8 Å². The summed E-state index contributed by atoms with van der Waals surface area (Å²) in [6.07, 6.45) is -0.710. The second-order valence-corrected chi connectivity index (χ2v) is 5.48. The van der Waals surface area contributed by atoms with E-state index in [2.05, 4.69) is 5.10 Å². The average molecular weight is 284 g/mol. The summed E-state index contributed by atoms with van der Waals surface area (Å²) in [5.41, 5.74) is 6.41. The number of hydrogen-bond donors (Lipinski definition) is 1. The van der Waals surface area contributed by atoms with Crippen LogP contribution in [0.5, 0.6) is 0 Å². The molecule has 0 unspecified atom stereocenters. The molecule has 2 aromatic rings. The Kier molecular flexibility index (Phi) is 3.68. The number of aromatic nitrogens is 2. The Morgan fingerprint density at radius 1 is 1.33 bits per heavy atom. The molecule has 21 heavy (non-hydrogen) atoms. The van der Waals surface area contributed by atoms with Crippen molar-refractivity contribution in [1.29, 1.82) is 5.26 Å². The van der Waals surface area contributed by atoms with Crippen LogP contribution in [0.1, 0.15) is 26.3 Å². The van der Waals surface area contributed by atoms with E-state index in [1.807, 2.05) is 24.3 Å². The van der Waals surface area contributed by atoms with Gasteiger partial charge in [-0.1, -0.05) is 30.3 Å². The lowest BCUT2D eigenvalue weighted by Crippen LogP contribution is -2.28. The maximum atomic E-state index is 12.1. The van der Waals surface area contributed by atoms with E-state index >= 15 is 0 Å². The highest BCUT2D eigenvalue weighted by Gasteiger charge is 2.25. The monoisotopic (exact) mass is 284 g/mol. The summed E-state index contributed by atoms with van der Waals surface area (Å²) >= 11 is 0. The number of rotatable bonds is 1. The van der Waals surface area contributed by atoms with Crippen LogP contribution in [-0.4, -0.2) is 21.5 Å². The maximum Gasteiger partial charge on any atom is 0.437 e. The van der Waals surface area contributed by atoms with Crippen molar-refractivity contribution in [1.82, 2.24) is 9.78 Å². The van der Waals surface area contributed by atoms with Gasteiger partial charge in [0.15, 0.2) is 5.82 Å². The van der Waals surface area contributed by atoms with E-state index < -0.39 is 11.7 Å². The molecule has 1 heterocycles. The van der Waals surface area contributed by atoms with Crippen LogP contribution in [0.3, 0.4) is 0 Å². The fourth-order valence-electron chi connectivity index (χ4n) is 1.78. The first-order valence-electron chi connectivity index (χ1n) is 6.41. The van der Waals surface area contributed by atoms with Crippen LogP contribution in [0.25, 0.3) is 11.3 Å². The third kappa shape index (κ3) is 3.03. The van der Waals surface area contributed by atoms with Crippen molar-refractivity contribution in [2.24, 2.45) is 0 Å². The first kappa shape index (κ1) is 14.6. The van der Waals surface area contributed by atoms with Crippen LogP contribution in [0.2, 0.25) is 0 Å². The van der Waals surface area contributed by atoms with Crippen molar-refractivity contribution in [3.63, 3.8) is 0 Å². The fraction of sp³-hybridized carbons (Fsp3) is 0.267. The van der Waals surface area contributed by atoms with Crippen LogP contribution in [0, 0.1) is 11.3 Å². The molecule has 0 aliphatic carbocycles. The lowest BCUT2D eigenvalue weighted by molar-refractivity contribution is 0.0519. The summed E-state index contributed by atoms with van der Waals surface area (Å²) in [4.78, 5) is 12.1. The molecule has 0 bridgehead atoms. The molecule has 108 valence electrons. The molecular weight excluding hydrogens is 268 g/mol. The molecule has 0 aliphatic heterocycles. The molecule has 0 amide bonds. The molecule has 1 aromatic heterocycles. The van der Waals surface area contributed by atoms with E-state index in [1.165, 1.54) is 0 Å². The van der Waals surface area contributed by atoms with E-state index in [0.717, 1.165) is 4.68 Å². The Bertz CT molecular complexity index is 706. The van der Waals surface area contributed by atoms with E-state index in [1.54, 1.807) is 32.9 Å². The highest BCUT2D eigenvalue weighted by Crippen LogP contribution is 2.26. The minimum atomic E-state index is -0.710. The van der Waals surface area contributed by atoms with Gasteiger partial charge in [0.05, 0.1) is 0 Å². The minimum Gasteiger partial charge on any atom is -0.442 e. The van der Waals surface area contributed by atoms with Crippen molar-refractivity contribution in [3.8, 4) is 17.3 Å². The summed E-state index contributed by atoms with van der Waals surface area (Å²) in [5, 5.41) is 13.4. The van der Waals surface area contributed by atoms with Crippen molar-refractivity contribution in [2.45, 2.75) is 26.4 Å². The Hall–Kier alpha value is -2.81. The molecule has 0 saturated carbocycles. The van der Waals surface area contributed by atoms with Gasteiger partial charge in [-0.25, -0.2) is 4.79 Å². The summed E-state index contributed by atoms with van der Waals surface area (Å²) in [7, 11) is 0. The van der Waals surface area contributed by atoms with E-state index in [0.29, 0.717) is 11.3 Å². The number of hydrogen-bond acceptors (Lipinski definition) is 5. The zero-order chi connectivity index (χ0) is 15.6. The van der Waals surface area contributed by atoms with Gasteiger partial charge in [0, 0.05) is 5.56 Å². The summed E-state index contributed by atoms with van der Waals surface area (Å²) in [5.74, 6) is -0.0226. The number of nitrogens with zero attached hydrogens (tertiary/aromatic N) is 3. The molecule has 0 atom stereocenters. The zero-order valence-electron chi connectivity index (χ0n) is 12.1. The lowest BCUT2D eigenvalue weighted by Gasteiger charge is -2.19. The summed E-state index contributed by atoms with van der Waals surface area (Å²) in [6, 6.07) is 11.1. The molecular formula is C15H16N4O2. The highest BCUT2D eigenvalue weighted by molar-refractivity contribution is 5.81. The number of nitrogens with two attached hydrogens (primary N) is 1. The summed E-state index contributed by atoms with van der Waals surface area (Å²) < 4.78 is 6.15. The predicted octanol–water partition coefficient (Wildman–Crippen LogP) is 2.79. The first-order valence-corrected chi connectivity index (χ1v) is 6.41. The average Bonchev–Trinajstić information content (AvgIpc) is 2.75. The number of anilines is 1. The second-order valence-electron chi connectivity index (χ2n) is 5.48. The van der Waals surface area contributed by atoms with Crippen LogP contribution in [0.15, 0.2) is 30.3 Å². The van der Waals surface area contributed by atoms with Crippen molar-refractivity contribution in [3.05, 3.63) is 35.9 Å². The number of nitrogen functional groups attached to an aromatic ring is 1. The quantitative estimate of drug-likeness (QED) is 0.868. The summed E-state index contributed by atoms with van der Waals surface area (Å²) in [6.45, 7) is 5.23. The first-order chi connectivity index (χ1) is 9.83. The van der Waals surface area contributed by atoms with E-state index in [4.69, 9.17) is 10.5 Å². The van der Waals surface area contributed by atoms with Crippen molar-refractivity contribution >= 4 is 11.9 Å². The van der Waals surface area contributed by atoms with Crippen molar-refractivity contribution < 1.29 is 9.53 Å². The van der Waals surface area contributed by atoms with Crippen LogP contribution < -0.4 is 5.73 Å². The van der Waals surface area contributed by atoms with Crippen LogP contribution in [0.4, 0.5) is 10.6 Å². The zero-order valence-corrected chi connectivity index (χ0v) is 12.1. The van der Waals surface area contributed by atoms with E-state index in [9.17, 15) is 10.1 Å². The van der Waals surface area contributed by atoms with Gasteiger partial charge in [0.2, 0.25) is 0 Å². The third-order valence-corrected chi connectivity index (χ3v) is 2.65. The standard InChI is InChI=1S/C15H16N4O2/c1-15(2,3)21-14(20)19-13(17)11(9-16)12(18-19)10-7-5-4-6-8-10/h4-8H,17H2,1-3H3. The number of carbonyl (C=O) groups excluding carboxylic acids is 1. The molecule has 0 spiro atoms. The molecule has 0 fully saturated rings. The molecule has 2 N–H and O–H groups in total. The van der Waals surface area contributed by atoms with Crippen molar-refractivity contribution in [2.75, 3.05) is 5.73 Å². The van der Waals surface area contributed by atoms with Gasteiger partial charge in [-0.3, -0.25) is 0 Å². The number of carbonyl (C=O) groups is 1. The Morgan fingerprint density at radius 2 is 1.95 bits per heavy atom. The fourth-order valence-corrected chi connectivity index (χ4v) is 1.78. The van der Waals surface area contributed by atoms with Gasteiger partial charge >= 0.3 is 6.09 Å². The molecule has 0 radical (unpaired) electrons. The largest absolute Gasteiger partial charge is 0.442 e. The van der Waals surface area contributed by atoms with Gasteiger partial charge in [-0.15, -0.1) is 4.68 Å². The molecule has 0 saturated heterocycles. The van der Waals surface area contributed by atoms with E-state index in [-0.39, 0.29) is 11.4 Å². The van der Waals surface area contributed by atoms with Gasteiger partial charge in [0.25, 0.3) is 0 Å². The molecule has 0 aliphatic rings. The predicted molar refractivity (Wildman–Crippen MR) is 78.4 cm³/mol. The molecule has 6 heteroatoms. The third-order valence-electron chi connectivity index (χ3n) is 2.65. The number of ether oxygens (including phenoxy) is 1. The Morgan fingerprint density at radius 3 is 2.48 bits per heavy atom. The van der Waals surface area contributed by atoms with Gasteiger partial charge in [-0.2, -0.15) is 10.4 Å². The Balaban J connectivity index is 2.50. The smallest absolute Gasteiger partial charge is 0.437 e. The Labute approximate surface area is 122 Å². The highest BCUT2D eigenvalue weighted by atomic mass is 16.6. The second kappa shape index (κ2) is 5.29. The molecule has 2 rings (SSSR count). The number of benzene rings is 1. The molecule has 1 aromatic carbocycles. The van der Waals surface area contributed by atoms with Crippen LogP contribution >= 0.6 is 0 Å². The SMILES string of the molecule is CC(C)(C)OC(=O)n1nc(-c2ccccc2)c(C#N)c1N. The molecule has 6 nitrogen and oxygen atoms in total.